The predicted molar refractivity (Wildman–Crippen MR) is 107 cm³/mol. The normalized spacial score (nSPS) is 14.4. The van der Waals surface area contributed by atoms with Crippen molar-refractivity contribution in [2.75, 3.05) is 64.2 Å². The average Bonchev–Trinajstić information content (AvgIpc) is 2.75. The Morgan fingerprint density at radius 3 is 2.75 bits per heavy atom. The molecular weight excluding hydrogens is 360 g/mol. The van der Waals surface area contributed by atoms with Gasteiger partial charge in [-0.15, -0.1) is 0 Å². The van der Waals surface area contributed by atoms with Crippen molar-refractivity contribution in [1.82, 2.24) is 9.88 Å². The standard InChI is InChI=1S/C20H26N4O4/c1-26-17-3-4-18(19(12-17)27-2)23-20(25)15-11-16(14-21-13-15)22-5-6-24-7-9-28-10-8-24/h3-4,11-14,22H,5-10H2,1-2H3,(H,23,25). The molecule has 0 saturated carbocycles. The van der Waals surface area contributed by atoms with Crippen LogP contribution in [0.15, 0.2) is 36.7 Å². The lowest BCUT2D eigenvalue weighted by Gasteiger charge is -2.26. The first kappa shape index (κ1) is 19.9. The molecule has 2 aromatic rings. The SMILES string of the molecule is COc1ccc(NC(=O)c2cncc(NCCN3CCOCC3)c2)c(OC)c1. The molecule has 0 spiro atoms. The molecule has 2 N–H and O–H groups in total. The molecule has 1 fully saturated rings. The number of nitrogens with zero attached hydrogens (tertiary/aromatic N) is 2. The highest BCUT2D eigenvalue weighted by molar-refractivity contribution is 6.05. The van der Waals surface area contributed by atoms with Crippen molar-refractivity contribution >= 4 is 17.3 Å². The molecule has 1 aliphatic rings. The van der Waals surface area contributed by atoms with Crippen LogP contribution in [-0.2, 0) is 4.74 Å². The van der Waals surface area contributed by atoms with E-state index in [2.05, 4.69) is 20.5 Å². The summed E-state index contributed by atoms with van der Waals surface area (Å²) >= 11 is 0. The number of rotatable bonds is 8. The third kappa shape index (κ3) is 5.34. The van der Waals surface area contributed by atoms with Crippen LogP contribution in [0.5, 0.6) is 11.5 Å². The smallest absolute Gasteiger partial charge is 0.257 e. The first-order valence-electron chi connectivity index (χ1n) is 9.22. The van der Waals surface area contributed by atoms with Crippen molar-refractivity contribution in [3.05, 3.63) is 42.2 Å². The molecule has 1 aromatic heterocycles. The monoisotopic (exact) mass is 386 g/mol. The lowest BCUT2D eigenvalue weighted by molar-refractivity contribution is 0.0398. The van der Waals surface area contributed by atoms with Gasteiger partial charge in [-0.25, -0.2) is 0 Å². The van der Waals surface area contributed by atoms with Crippen molar-refractivity contribution in [1.29, 1.82) is 0 Å². The van der Waals surface area contributed by atoms with Crippen molar-refractivity contribution in [2.45, 2.75) is 0 Å². The number of nitrogens with one attached hydrogen (secondary N) is 2. The molecule has 0 unspecified atom stereocenters. The maximum Gasteiger partial charge on any atom is 0.257 e. The maximum atomic E-state index is 12.6. The van der Waals surface area contributed by atoms with Gasteiger partial charge in [0.1, 0.15) is 11.5 Å². The second-order valence-corrected chi connectivity index (χ2v) is 6.36. The number of pyridine rings is 1. The lowest BCUT2D eigenvalue weighted by Crippen LogP contribution is -2.39. The molecule has 1 saturated heterocycles. The van der Waals surface area contributed by atoms with E-state index in [9.17, 15) is 4.79 Å². The number of carbonyl (C=O) groups excluding carboxylic acids is 1. The van der Waals surface area contributed by atoms with Crippen LogP contribution in [0.1, 0.15) is 10.4 Å². The average molecular weight is 386 g/mol. The molecule has 150 valence electrons. The molecule has 2 heterocycles. The number of hydrogen-bond acceptors (Lipinski definition) is 7. The van der Waals surface area contributed by atoms with Crippen LogP contribution in [0, 0.1) is 0 Å². The summed E-state index contributed by atoms with van der Waals surface area (Å²) in [7, 11) is 3.13. The summed E-state index contributed by atoms with van der Waals surface area (Å²) in [6, 6.07) is 7.02. The Morgan fingerprint density at radius 1 is 1.18 bits per heavy atom. The van der Waals surface area contributed by atoms with E-state index in [0.29, 0.717) is 22.7 Å². The minimum atomic E-state index is -0.257. The van der Waals surface area contributed by atoms with Gasteiger partial charge in [0.2, 0.25) is 0 Å². The number of hydrogen-bond donors (Lipinski definition) is 2. The zero-order valence-corrected chi connectivity index (χ0v) is 16.2. The van der Waals surface area contributed by atoms with E-state index in [1.165, 1.54) is 0 Å². The molecule has 8 nitrogen and oxygen atoms in total. The summed E-state index contributed by atoms with van der Waals surface area (Å²) in [6.45, 7) is 5.16. The molecule has 0 aliphatic carbocycles. The van der Waals surface area contributed by atoms with Crippen LogP contribution in [0.2, 0.25) is 0 Å². The van der Waals surface area contributed by atoms with E-state index in [-0.39, 0.29) is 5.91 Å². The number of amides is 1. The summed E-state index contributed by atoms with van der Waals surface area (Å²) in [5, 5.41) is 6.18. The van der Waals surface area contributed by atoms with Crippen molar-refractivity contribution in [3.63, 3.8) is 0 Å². The van der Waals surface area contributed by atoms with E-state index in [4.69, 9.17) is 14.2 Å². The molecule has 8 heteroatoms. The van der Waals surface area contributed by atoms with Gasteiger partial charge in [0, 0.05) is 44.6 Å². The van der Waals surface area contributed by atoms with Crippen molar-refractivity contribution < 1.29 is 19.0 Å². The molecule has 28 heavy (non-hydrogen) atoms. The molecule has 1 amide bonds. The van der Waals surface area contributed by atoms with Crippen LogP contribution < -0.4 is 20.1 Å². The van der Waals surface area contributed by atoms with Gasteiger partial charge in [0.05, 0.1) is 44.4 Å². The van der Waals surface area contributed by atoms with Crippen LogP contribution in [0.3, 0.4) is 0 Å². The number of anilines is 2. The summed E-state index contributed by atoms with van der Waals surface area (Å²) < 4.78 is 15.9. The van der Waals surface area contributed by atoms with Gasteiger partial charge in [0.25, 0.3) is 5.91 Å². The number of aromatic nitrogens is 1. The fourth-order valence-electron chi connectivity index (χ4n) is 2.94. The Balaban J connectivity index is 1.59. The number of ether oxygens (including phenoxy) is 3. The highest BCUT2D eigenvalue weighted by Gasteiger charge is 2.13. The van der Waals surface area contributed by atoms with Crippen LogP contribution in [0.25, 0.3) is 0 Å². The van der Waals surface area contributed by atoms with E-state index < -0.39 is 0 Å². The zero-order chi connectivity index (χ0) is 19.8. The third-order valence-corrected chi connectivity index (χ3v) is 4.52. The minimum Gasteiger partial charge on any atom is -0.497 e. The van der Waals surface area contributed by atoms with Gasteiger partial charge >= 0.3 is 0 Å². The fraction of sp³-hybridized carbons (Fsp3) is 0.400. The Morgan fingerprint density at radius 2 is 2.00 bits per heavy atom. The Labute approximate surface area is 164 Å². The van der Waals surface area contributed by atoms with E-state index in [0.717, 1.165) is 45.1 Å². The molecule has 0 bridgehead atoms. The number of carbonyl (C=O) groups is 1. The molecule has 1 aromatic carbocycles. The first-order valence-corrected chi connectivity index (χ1v) is 9.22. The van der Waals surface area contributed by atoms with E-state index >= 15 is 0 Å². The largest absolute Gasteiger partial charge is 0.497 e. The number of methoxy groups -OCH3 is 2. The zero-order valence-electron chi connectivity index (χ0n) is 16.2. The Bertz CT molecular complexity index is 794. The van der Waals surface area contributed by atoms with Crippen LogP contribution >= 0.6 is 0 Å². The van der Waals surface area contributed by atoms with Gasteiger partial charge < -0.3 is 24.8 Å². The molecule has 0 atom stereocenters. The van der Waals surface area contributed by atoms with Crippen LogP contribution in [0.4, 0.5) is 11.4 Å². The highest BCUT2D eigenvalue weighted by atomic mass is 16.5. The molecule has 0 radical (unpaired) electrons. The van der Waals surface area contributed by atoms with Crippen LogP contribution in [-0.4, -0.2) is 69.4 Å². The summed E-state index contributed by atoms with van der Waals surface area (Å²) in [5.41, 5.74) is 1.84. The number of benzene rings is 1. The second-order valence-electron chi connectivity index (χ2n) is 6.36. The van der Waals surface area contributed by atoms with Gasteiger partial charge in [-0.3, -0.25) is 14.7 Å². The number of morpholine rings is 1. The summed E-state index contributed by atoms with van der Waals surface area (Å²) in [6.07, 6.45) is 3.25. The summed E-state index contributed by atoms with van der Waals surface area (Å²) in [5.74, 6) is 0.927. The minimum absolute atomic E-state index is 0.257. The maximum absolute atomic E-state index is 12.6. The quantitative estimate of drug-likeness (QED) is 0.719. The van der Waals surface area contributed by atoms with E-state index in [1.54, 1.807) is 50.9 Å². The lowest BCUT2D eigenvalue weighted by atomic mass is 10.2. The topological polar surface area (TPSA) is 85.0 Å². The Kier molecular flexibility index (Phi) is 7.05. The van der Waals surface area contributed by atoms with Gasteiger partial charge in [-0.05, 0) is 18.2 Å². The van der Waals surface area contributed by atoms with Crippen molar-refractivity contribution in [2.24, 2.45) is 0 Å². The fourth-order valence-corrected chi connectivity index (χ4v) is 2.94. The molecule has 1 aliphatic heterocycles. The Hall–Kier alpha value is -2.84. The van der Waals surface area contributed by atoms with Crippen molar-refractivity contribution in [3.8, 4) is 11.5 Å². The van der Waals surface area contributed by atoms with Gasteiger partial charge in [-0.2, -0.15) is 0 Å². The second kappa shape index (κ2) is 9.91. The van der Waals surface area contributed by atoms with E-state index in [1.807, 2.05) is 0 Å². The predicted octanol–water partition coefficient (Wildman–Crippen LogP) is 2.10. The molecule has 3 rings (SSSR count). The third-order valence-electron chi connectivity index (χ3n) is 4.52. The van der Waals surface area contributed by atoms with Gasteiger partial charge in [-0.1, -0.05) is 0 Å². The van der Waals surface area contributed by atoms with Gasteiger partial charge in [0.15, 0.2) is 0 Å². The first-order chi connectivity index (χ1) is 13.7. The highest BCUT2D eigenvalue weighted by Crippen LogP contribution is 2.29. The molecular formula is C20H26N4O4. The summed E-state index contributed by atoms with van der Waals surface area (Å²) in [4.78, 5) is 19.1.